The van der Waals surface area contributed by atoms with Crippen LogP contribution >= 0.6 is 0 Å². The maximum Gasteiger partial charge on any atom is 0.251 e. The van der Waals surface area contributed by atoms with Gasteiger partial charge in [0.1, 0.15) is 11.9 Å². The van der Waals surface area contributed by atoms with E-state index < -0.39 is 17.4 Å². The summed E-state index contributed by atoms with van der Waals surface area (Å²) in [6.07, 6.45) is -1.37. The number of carbonyl (C=O) groups is 2. The first kappa shape index (κ1) is 20.6. The van der Waals surface area contributed by atoms with E-state index in [1.54, 1.807) is 45.0 Å². The number of amides is 2. The normalized spacial score (nSPS) is 13.5. The maximum absolute atomic E-state index is 12.2. The minimum absolute atomic E-state index is 0.135. The molecule has 0 heterocycles. The van der Waals surface area contributed by atoms with E-state index in [0.29, 0.717) is 11.3 Å². The van der Waals surface area contributed by atoms with Gasteiger partial charge in [-0.1, -0.05) is 25.1 Å². The Morgan fingerprint density at radius 3 is 2.64 bits per heavy atom. The predicted octanol–water partition coefficient (Wildman–Crippen LogP) is 1.08. The summed E-state index contributed by atoms with van der Waals surface area (Å²) in [5, 5.41) is 18.0. The van der Waals surface area contributed by atoms with Crippen LogP contribution in [0.3, 0.4) is 0 Å². The number of aliphatic hydroxyl groups is 1. The lowest BCUT2D eigenvalue weighted by atomic mass is 9.86. The zero-order valence-corrected chi connectivity index (χ0v) is 14.9. The van der Waals surface area contributed by atoms with Crippen molar-refractivity contribution in [1.82, 2.24) is 10.6 Å². The lowest BCUT2D eigenvalue weighted by molar-refractivity contribution is -0.134. The van der Waals surface area contributed by atoms with Crippen LogP contribution in [0.1, 0.15) is 31.1 Å². The van der Waals surface area contributed by atoms with Crippen LogP contribution in [0.25, 0.3) is 0 Å². The highest BCUT2D eigenvalue weighted by Gasteiger charge is 2.34. The Labute approximate surface area is 146 Å². The number of nitroso groups, excluding NO2 is 1. The molecule has 0 aliphatic carbocycles. The molecule has 0 aliphatic heterocycles. The van der Waals surface area contributed by atoms with Gasteiger partial charge in [-0.3, -0.25) is 9.59 Å². The molecule has 0 bridgehead atoms. The van der Waals surface area contributed by atoms with Crippen LogP contribution < -0.4 is 15.4 Å². The second-order valence-corrected chi connectivity index (χ2v) is 6.53. The predicted molar refractivity (Wildman–Crippen MR) is 93.4 cm³/mol. The number of ether oxygens (including phenoxy) is 1. The van der Waals surface area contributed by atoms with Gasteiger partial charge in [0, 0.05) is 23.6 Å². The number of benzene rings is 1. The van der Waals surface area contributed by atoms with Crippen molar-refractivity contribution in [3.05, 3.63) is 34.7 Å². The summed E-state index contributed by atoms with van der Waals surface area (Å²) >= 11 is 0. The largest absolute Gasteiger partial charge is 0.497 e. The number of hydrogen-bond donors (Lipinski definition) is 3. The smallest absolute Gasteiger partial charge is 0.251 e. The fraction of sp³-hybridized carbons (Fsp3) is 0.529. The first-order chi connectivity index (χ1) is 11.7. The van der Waals surface area contributed by atoms with Crippen LogP contribution in [0.15, 0.2) is 29.4 Å². The lowest BCUT2D eigenvalue weighted by Gasteiger charge is -2.27. The number of aliphatic hydroxyl groups excluding tert-OH is 1. The van der Waals surface area contributed by atoms with E-state index in [4.69, 9.17) is 4.74 Å². The highest BCUT2D eigenvalue weighted by Crippen LogP contribution is 2.21. The lowest BCUT2D eigenvalue weighted by Crippen LogP contribution is -2.49. The molecule has 2 atom stereocenters. The van der Waals surface area contributed by atoms with Gasteiger partial charge in [0.2, 0.25) is 5.91 Å². The molecule has 0 radical (unpaired) electrons. The van der Waals surface area contributed by atoms with E-state index in [-0.39, 0.29) is 25.0 Å². The first-order valence-corrected chi connectivity index (χ1v) is 7.91. The van der Waals surface area contributed by atoms with Crippen LogP contribution in [0, 0.1) is 10.3 Å². The van der Waals surface area contributed by atoms with Crippen molar-refractivity contribution in [3.8, 4) is 5.75 Å². The molecular formula is C17H25N3O5. The number of nitrogens with zero attached hydrogens (tertiary/aromatic N) is 1. The second kappa shape index (κ2) is 9.12. The van der Waals surface area contributed by atoms with Gasteiger partial charge in [-0.05, 0) is 25.1 Å². The SMILES string of the molecule is COc1cccc(C(=O)NC(C)CNC(=O)C(O)C(C)(C)CN=O)c1. The van der Waals surface area contributed by atoms with Crippen molar-refractivity contribution in [2.75, 3.05) is 20.2 Å². The summed E-state index contributed by atoms with van der Waals surface area (Å²) in [5.74, 6) is -0.342. The molecular weight excluding hydrogens is 326 g/mol. The average Bonchev–Trinajstić information content (AvgIpc) is 2.58. The van der Waals surface area contributed by atoms with Crippen LogP contribution in [0.2, 0.25) is 0 Å². The summed E-state index contributed by atoms with van der Waals surface area (Å²) in [7, 11) is 1.52. The molecule has 0 aromatic heterocycles. The Morgan fingerprint density at radius 1 is 1.36 bits per heavy atom. The zero-order chi connectivity index (χ0) is 19.0. The Balaban J connectivity index is 2.53. The van der Waals surface area contributed by atoms with Gasteiger partial charge in [0.05, 0.1) is 13.7 Å². The Kier molecular flexibility index (Phi) is 7.50. The van der Waals surface area contributed by atoms with Gasteiger partial charge in [-0.15, -0.1) is 0 Å². The number of hydrogen-bond acceptors (Lipinski definition) is 6. The maximum atomic E-state index is 12.2. The molecule has 0 fully saturated rings. The highest BCUT2D eigenvalue weighted by molar-refractivity contribution is 5.94. The molecule has 1 rings (SSSR count). The summed E-state index contributed by atoms with van der Waals surface area (Å²) in [6, 6.07) is 6.35. The van der Waals surface area contributed by atoms with Gasteiger partial charge < -0.3 is 20.5 Å². The molecule has 3 N–H and O–H groups in total. The minimum atomic E-state index is -1.37. The Hall–Kier alpha value is -2.48. The quantitative estimate of drug-likeness (QED) is 0.576. The van der Waals surface area contributed by atoms with E-state index in [1.807, 2.05) is 0 Å². The van der Waals surface area contributed by atoms with Crippen LogP contribution in [0.4, 0.5) is 0 Å². The minimum Gasteiger partial charge on any atom is -0.497 e. The highest BCUT2D eigenvalue weighted by atomic mass is 16.5. The third-order valence-corrected chi connectivity index (χ3v) is 3.75. The molecule has 0 aliphatic rings. The standard InChI is InChI=1S/C17H25N3O5/c1-11(9-18-16(23)14(21)17(2,3)10-19-24)20-15(22)12-6-5-7-13(8-12)25-4/h5-8,11,14,21H,9-10H2,1-4H3,(H,18,23)(H,20,22). The fourth-order valence-electron chi connectivity index (χ4n) is 2.08. The monoisotopic (exact) mass is 351 g/mol. The number of rotatable bonds is 9. The van der Waals surface area contributed by atoms with E-state index in [2.05, 4.69) is 15.8 Å². The third-order valence-electron chi connectivity index (χ3n) is 3.75. The Morgan fingerprint density at radius 2 is 2.04 bits per heavy atom. The number of nitrogens with one attached hydrogen (secondary N) is 2. The van der Waals surface area contributed by atoms with E-state index in [1.165, 1.54) is 7.11 Å². The molecule has 8 nitrogen and oxygen atoms in total. The van der Waals surface area contributed by atoms with Crippen LogP contribution in [0.5, 0.6) is 5.75 Å². The summed E-state index contributed by atoms with van der Waals surface area (Å²) in [6.45, 7) is 4.84. The molecule has 1 aromatic rings. The molecule has 0 saturated carbocycles. The van der Waals surface area contributed by atoms with Gasteiger partial charge in [0.15, 0.2) is 0 Å². The van der Waals surface area contributed by atoms with Crippen molar-refractivity contribution in [3.63, 3.8) is 0 Å². The molecule has 8 heteroatoms. The summed E-state index contributed by atoms with van der Waals surface area (Å²) < 4.78 is 5.07. The molecule has 1 aromatic carbocycles. The second-order valence-electron chi connectivity index (χ2n) is 6.53. The van der Waals surface area contributed by atoms with Crippen molar-refractivity contribution in [2.24, 2.45) is 10.6 Å². The molecule has 2 amide bonds. The van der Waals surface area contributed by atoms with E-state index in [9.17, 15) is 19.6 Å². The van der Waals surface area contributed by atoms with Crippen molar-refractivity contribution >= 4 is 11.8 Å². The molecule has 0 saturated heterocycles. The van der Waals surface area contributed by atoms with Crippen molar-refractivity contribution in [2.45, 2.75) is 32.9 Å². The molecule has 25 heavy (non-hydrogen) atoms. The van der Waals surface area contributed by atoms with E-state index in [0.717, 1.165) is 0 Å². The number of methoxy groups -OCH3 is 1. The van der Waals surface area contributed by atoms with E-state index >= 15 is 0 Å². The first-order valence-electron chi connectivity index (χ1n) is 7.91. The third kappa shape index (κ3) is 6.15. The Bertz CT molecular complexity index is 618. The fourth-order valence-corrected chi connectivity index (χ4v) is 2.08. The van der Waals surface area contributed by atoms with Crippen LogP contribution in [-0.2, 0) is 4.79 Å². The molecule has 2 unspecified atom stereocenters. The summed E-state index contributed by atoms with van der Waals surface area (Å²) in [5.41, 5.74) is -0.519. The van der Waals surface area contributed by atoms with Gasteiger partial charge >= 0.3 is 0 Å². The summed E-state index contributed by atoms with van der Waals surface area (Å²) in [4.78, 5) is 34.5. The van der Waals surface area contributed by atoms with Crippen LogP contribution in [-0.4, -0.2) is 49.3 Å². The molecule has 138 valence electrons. The average molecular weight is 351 g/mol. The van der Waals surface area contributed by atoms with Gasteiger partial charge in [-0.25, -0.2) is 0 Å². The number of carbonyl (C=O) groups excluding carboxylic acids is 2. The topological polar surface area (TPSA) is 117 Å². The molecule has 0 spiro atoms. The zero-order valence-electron chi connectivity index (χ0n) is 14.9. The van der Waals surface area contributed by atoms with Gasteiger partial charge in [0.25, 0.3) is 5.91 Å². The van der Waals surface area contributed by atoms with Crippen molar-refractivity contribution in [1.29, 1.82) is 0 Å². The van der Waals surface area contributed by atoms with Gasteiger partial charge in [-0.2, -0.15) is 4.91 Å². The van der Waals surface area contributed by atoms with Crippen molar-refractivity contribution < 1.29 is 19.4 Å².